The fourth-order valence-electron chi connectivity index (χ4n) is 2.80. The minimum atomic E-state index is -4.70. The van der Waals surface area contributed by atoms with Crippen molar-refractivity contribution in [3.05, 3.63) is 60.6 Å². The van der Waals surface area contributed by atoms with Crippen LogP contribution in [-0.2, 0) is 0 Å². The summed E-state index contributed by atoms with van der Waals surface area (Å²) in [4.78, 5) is 8.93. The largest absolute Gasteiger partial charge is 0.573 e. The Morgan fingerprint density at radius 2 is 1.72 bits per heavy atom. The van der Waals surface area contributed by atoms with Crippen molar-refractivity contribution in [2.24, 2.45) is 0 Å². The molecule has 126 valence electrons. The van der Waals surface area contributed by atoms with Gasteiger partial charge >= 0.3 is 6.36 Å². The lowest BCUT2D eigenvalue weighted by molar-refractivity contribution is -0.274. The molecule has 4 aromatic rings. The summed E-state index contributed by atoms with van der Waals surface area (Å²) >= 11 is 0. The predicted octanol–water partition coefficient (Wildman–Crippen LogP) is 4.78. The van der Waals surface area contributed by atoms with E-state index in [0.717, 1.165) is 27.6 Å². The lowest BCUT2D eigenvalue weighted by Gasteiger charge is -2.10. The number of benzene rings is 2. The van der Waals surface area contributed by atoms with Crippen LogP contribution >= 0.6 is 0 Å². The maximum absolute atomic E-state index is 12.3. The van der Waals surface area contributed by atoms with Crippen molar-refractivity contribution in [2.45, 2.75) is 13.3 Å². The van der Waals surface area contributed by atoms with E-state index in [-0.39, 0.29) is 5.75 Å². The van der Waals surface area contributed by atoms with Gasteiger partial charge in [0.2, 0.25) is 0 Å². The van der Waals surface area contributed by atoms with Crippen molar-refractivity contribution < 1.29 is 17.9 Å². The van der Waals surface area contributed by atoms with Crippen LogP contribution < -0.4 is 4.74 Å². The lowest BCUT2D eigenvalue weighted by atomic mass is 10.1. The van der Waals surface area contributed by atoms with Crippen LogP contribution in [0.3, 0.4) is 0 Å². The van der Waals surface area contributed by atoms with Crippen LogP contribution in [-0.4, -0.2) is 20.9 Å². The number of hydrogen-bond acceptors (Lipinski definition) is 3. The smallest absolute Gasteiger partial charge is 0.406 e. The molecule has 2 heterocycles. The number of alkyl halides is 3. The van der Waals surface area contributed by atoms with Gasteiger partial charge in [-0.1, -0.05) is 0 Å². The Morgan fingerprint density at radius 3 is 2.44 bits per heavy atom. The Hall–Kier alpha value is -3.09. The highest BCUT2D eigenvalue weighted by Gasteiger charge is 2.31. The molecule has 0 aliphatic rings. The number of imidazole rings is 1. The van der Waals surface area contributed by atoms with E-state index in [1.807, 2.05) is 35.8 Å². The number of aryl methyl sites for hydroxylation is 1. The highest BCUT2D eigenvalue weighted by Crippen LogP contribution is 2.27. The minimum absolute atomic E-state index is 0.259. The van der Waals surface area contributed by atoms with Crippen LogP contribution in [0.2, 0.25) is 0 Å². The van der Waals surface area contributed by atoms with Gasteiger partial charge in [-0.15, -0.1) is 13.2 Å². The quantitative estimate of drug-likeness (QED) is 0.526. The van der Waals surface area contributed by atoms with E-state index in [9.17, 15) is 13.2 Å². The number of fused-ring (bicyclic) bond motifs is 3. The summed E-state index contributed by atoms with van der Waals surface area (Å²) < 4.78 is 42.5. The molecule has 4 nitrogen and oxygen atoms in total. The number of ether oxygens (including phenoxy) is 1. The minimum Gasteiger partial charge on any atom is -0.406 e. The van der Waals surface area contributed by atoms with E-state index < -0.39 is 6.36 Å². The SMILES string of the molecule is Cc1ccc2c(ccc3c2ncn3-c2ccc(OC(F)(F)F)cc2)n1. The number of aromatic nitrogens is 3. The van der Waals surface area contributed by atoms with E-state index in [4.69, 9.17) is 0 Å². The van der Waals surface area contributed by atoms with Gasteiger partial charge in [-0.3, -0.25) is 9.55 Å². The molecule has 0 atom stereocenters. The number of pyridine rings is 1. The molecule has 0 bridgehead atoms. The Morgan fingerprint density at radius 1 is 0.960 bits per heavy atom. The van der Waals surface area contributed by atoms with E-state index in [2.05, 4.69) is 14.7 Å². The second kappa shape index (κ2) is 5.47. The van der Waals surface area contributed by atoms with E-state index in [1.165, 1.54) is 12.1 Å². The fraction of sp³-hybridized carbons (Fsp3) is 0.111. The van der Waals surface area contributed by atoms with E-state index in [0.29, 0.717) is 5.69 Å². The zero-order chi connectivity index (χ0) is 17.6. The van der Waals surface area contributed by atoms with Gasteiger partial charge in [0.25, 0.3) is 0 Å². The van der Waals surface area contributed by atoms with Crippen molar-refractivity contribution in [1.29, 1.82) is 0 Å². The van der Waals surface area contributed by atoms with Crippen molar-refractivity contribution in [3.8, 4) is 11.4 Å². The third kappa shape index (κ3) is 2.88. The summed E-state index contributed by atoms with van der Waals surface area (Å²) in [7, 11) is 0. The van der Waals surface area contributed by atoms with Crippen molar-refractivity contribution in [1.82, 2.24) is 14.5 Å². The van der Waals surface area contributed by atoms with Gasteiger partial charge in [0.15, 0.2) is 0 Å². The summed E-state index contributed by atoms with van der Waals surface area (Å²) in [6.07, 6.45) is -3.06. The van der Waals surface area contributed by atoms with Gasteiger partial charge in [0.05, 0.1) is 16.6 Å². The molecule has 0 aliphatic heterocycles. The van der Waals surface area contributed by atoms with Gasteiger partial charge in [0, 0.05) is 16.8 Å². The zero-order valence-corrected chi connectivity index (χ0v) is 13.1. The molecule has 2 aromatic carbocycles. The molecular weight excluding hydrogens is 331 g/mol. The van der Waals surface area contributed by atoms with Gasteiger partial charge in [-0.2, -0.15) is 0 Å². The molecule has 0 spiro atoms. The summed E-state index contributed by atoms with van der Waals surface area (Å²) in [6.45, 7) is 1.92. The number of rotatable bonds is 2. The molecule has 0 saturated carbocycles. The Kier molecular flexibility index (Phi) is 3.38. The molecule has 2 aromatic heterocycles. The first-order chi connectivity index (χ1) is 11.9. The molecule has 0 fully saturated rings. The maximum atomic E-state index is 12.3. The Balaban J connectivity index is 1.78. The maximum Gasteiger partial charge on any atom is 0.573 e. The highest BCUT2D eigenvalue weighted by molar-refractivity contribution is 6.03. The van der Waals surface area contributed by atoms with Crippen LogP contribution in [0.25, 0.3) is 27.6 Å². The first-order valence-electron chi connectivity index (χ1n) is 7.50. The molecule has 7 heteroatoms. The van der Waals surface area contributed by atoms with Crippen LogP contribution in [0, 0.1) is 6.92 Å². The first kappa shape index (κ1) is 15.4. The molecule has 4 rings (SSSR count). The third-order valence-electron chi connectivity index (χ3n) is 3.87. The molecule has 0 radical (unpaired) electrons. The Bertz CT molecular complexity index is 1070. The molecular formula is C18H12F3N3O. The summed E-state index contributed by atoms with van der Waals surface area (Å²) in [5, 5.41) is 0.930. The van der Waals surface area contributed by atoms with Crippen molar-refractivity contribution >= 4 is 21.9 Å². The molecule has 0 amide bonds. The van der Waals surface area contributed by atoms with Gasteiger partial charge in [0.1, 0.15) is 12.1 Å². The fourth-order valence-corrected chi connectivity index (χ4v) is 2.80. The van der Waals surface area contributed by atoms with Crippen LogP contribution in [0.1, 0.15) is 5.69 Å². The van der Waals surface area contributed by atoms with Crippen LogP contribution in [0.5, 0.6) is 5.75 Å². The molecule has 0 aliphatic carbocycles. The van der Waals surface area contributed by atoms with Gasteiger partial charge in [-0.25, -0.2) is 4.98 Å². The average molecular weight is 343 g/mol. The third-order valence-corrected chi connectivity index (χ3v) is 3.87. The van der Waals surface area contributed by atoms with Gasteiger partial charge < -0.3 is 4.74 Å². The summed E-state index contributed by atoms with van der Waals surface area (Å²) in [5.74, 6) is -0.259. The predicted molar refractivity (Wildman–Crippen MR) is 87.8 cm³/mol. The monoisotopic (exact) mass is 343 g/mol. The zero-order valence-electron chi connectivity index (χ0n) is 13.1. The van der Waals surface area contributed by atoms with Crippen LogP contribution in [0.15, 0.2) is 54.9 Å². The highest BCUT2D eigenvalue weighted by atomic mass is 19.4. The van der Waals surface area contributed by atoms with Crippen molar-refractivity contribution in [2.75, 3.05) is 0 Å². The van der Waals surface area contributed by atoms with E-state index in [1.54, 1.807) is 18.5 Å². The van der Waals surface area contributed by atoms with E-state index >= 15 is 0 Å². The molecule has 0 N–H and O–H groups in total. The molecule has 0 unspecified atom stereocenters. The average Bonchev–Trinajstić information content (AvgIpc) is 2.98. The summed E-state index contributed by atoms with van der Waals surface area (Å²) in [6, 6.07) is 13.4. The number of hydrogen-bond donors (Lipinski definition) is 0. The standard InChI is InChI=1S/C18H12F3N3O/c1-11-2-7-14-15(23-11)8-9-16-17(14)22-10-24(16)12-3-5-13(6-4-12)25-18(19,20)21/h2-10H,1H3. The topological polar surface area (TPSA) is 39.9 Å². The van der Waals surface area contributed by atoms with Gasteiger partial charge in [-0.05, 0) is 55.5 Å². The number of nitrogens with zero attached hydrogens (tertiary/aromatic N) is 3. The lowest BCUT2D eigenvalue weighted by Crippen LogP contribution is -2.17. The second-order valence-corrected chi connectivity index (χ2v) is 5.61. The Labute approximate surface area is 140 Å². The van der Waals surface area contributed by atoms with Crippen molar-refractivity contribution in [3.63, 3.8) is 0 Å². The normalized spacial score (nSPS) is 12.0. The van der Waals surface area contributed by atoms with Crippen LogP contribution in [0.4, 0.5) is 13.2 Å². The number of halogens is 3. The second-order valence-electron chi connectivity index (χ2n) is 5.61. The molecule has 25 heavy (non-hydrogen) atoms. The first-order valence-corrected chi connectivity index (χ1v) is 7.50. The molecule has 0 saturated heterocycles. The summed E-state index contributed by atoms with van der Waals surface area (Å²) in [5.41, 5.74) is 4.11.